The average molecular weight is 390 g/mol. The van der Waals surface area contributed by atoms with Gasteiger partial charge in [0.15, 0.2) is 5.76 Å². The highest BCUT2D eigenvalue weighted by atomic mass is 16.5. The molecule has 1 aromatic heterocycles. The molecule has 1 aromatic carbocycles. The van der Waals surface area contributed by atoms with Gasteiger partial charge in [-0.1, -0.05) is 0 Å². The fourth-order valence-electron chi connectivity index (χ4n) is 2.57. The predicted molar refractivity (Wildman–Crippen MR) is 98.3 cm³/mol. The third-order valence-corrected chi connectivity index (χ3v) is 3.91. The van der Waals surface area contributed by atoms with Crippen molar-refractivity contribution in [2.75, 3.05) is 20.8 Å². The monoisotopic (exact) mass is 390 g/mol. The van der Waals surface area contributed by atoms with Crippen LogP contribution >= 0.6 is 0 Å². The lowest BCUT2D eigenvalue weighted by molar-refractivity contribution is -0.137. The van der Waals surface area contributed by atoms with Crippen LogP contribution in [0.3, 0.4) is 0 Å². The summed E-state index contributed by atoms with van der Waals surface area (Å²) < 4.78 is 15.4. The molecule has 28 heavy (non-hydrogen) atoms. The van der Waals surface area contributed by atoms with Crippen molar-refractivity contribution in [1.29, 1.82) is 0 Å². The lowest BCUT2D eigenvalue weighted by Crippen LogP contribution is -2.34. The highest BCUT2D eigenvalue weighted by molar-refractivity contribution is 5.91. The van der Waals surface area contributed by atoms with Crippen molar-refractivity contribution < 1.29 is 33.4 Å². The van der Waals surface area contributed by atoms with Gasteiger partial charge in [0.2, 0.25) is 5.91 Å². The Morgan fingerprint density at radius 1 is 1.18 bits per heavy atom. The van der Waals surface area contributed by atoms with Gasteiger partial charge in [-0.3, -0.25) is 14.4 Å². The Morgan fingerprint density at radius 3 is 2.57 bits per heavy atom. The molecule has 0 bridgehead atoms. The Balaban J connectivity index is 2.00. The Labute approximate surface area is 161 Å². The Hall–Kier alpha value is -3.49. The highest BCUT2D eigenvalue weighted by Gasteiger charge is 2.22. The molecule has 2 amide bonds. The lowest BCUT2D eigenvalue weighted by Gasteiger charge is -2.20. The molecule has 0 saturated carbocycles. The minimum absolute atomic E-state index is 0.0267. The van der Waals surface area contributed by atoms with E-state index >= 15 is 0 Å². The topological polar surface area (TPSA) is 127 Å². The van der Waals surface area contributed by atoms with Crippen LogP contribution in [-0.4, -0.2) is 43.7 Å². The van der Waals surface area contributed by atoms with Crippen LogP contribution < -0.4 is 20.1 Å². The largest absolute Gasteiger partial charge is 0.497 e. The molecule has 0 radical (unpaired) electrons. The van der Waals surface area contributed by atoms with Gasteiger partial charge in [-0.05, 0) is 24.3 Å². The van der Waals surface area contributed by atoms with Gasteiger partial charge in [0, 0.05) is 24.6 Å². The molecule has 1 heterocycles. The SMILES string of the molecule is COc1ccc(C(CC(=O)O)NC(=O)CCNC(=O)c2ccco2)c(OC)c1. The summed E-state index contributed by atoms with van der Waals surface area (Å²) in [7, 11) is 2.95. The quantitative estimate of drug-likeness (QED) is 0.564. The molecule has 9 nitrogen and oxygen atoms in total. The molecule has 0 aliphatic carbocycles. The number of benzene rings is 1. The number of methoxy groups -OCH3 is 2. The molecule has 2 rings (SSSR count). The fourth-order valence-corrected chi connectivity index (χ4v) is 2.57. The van der Waals surface area contributed by atoms with E-state index in [-0.39, 0.29) is 25.1 Å². The molecule has 0 aliphatic rings. The van der Waals surface area contributed by atoms with E-state index in [1.54, 1.807) is 24.3 Å². The van der Waals surface area contributed by atoms with Crippen LogP contribution in [0.5, 0.6) is 11.5 Å². The van der Waals surface area contributed by atoms with E-state index in [9.17, 15) is 19.5 Å². The van der Waals surface area contributed by atoms with E-state index in [0.717, 1.165) is 0 Å². The Kier molecular flexibility index (Phi) is 7.44. The van der Waals surface area contributed by atoms with Crippen LogP contribution in [0.1, 0.15) is 35.0 Å². The average Bonchev–Trinajstić information content (AvgIpc) is 3.21. The Bertz CT molecular complexity index is 818. The van der Waals surface area contributed by atoms with Crippen molar-refractivity contribution in [3.05, 3.63) is 47.9 Å². The standard InChI is InChI=1S/C19H22N2O7/c1-26-12-5-6-13(16(10-12)27-2)14(11-18(23)24)21-17(22)7-8-20-19(25)15-4-3-9-28-15/h3-6,9-10,14H,7-8,11H2,1-2H3,(H,20,25)(H,21,22)(H,23,24). The van der Waals surface area contributed by atoms with E-state index in [1.165, 1.54) is 26.5 Å². The van der Waals surface area contributed by atoms with Crippen molar-refractivity contribution in [3.63, 3.8) is 0 Å². The number of amides is 2. The van der Waals surface area contributed by atoms with Crippen molar-refractivity contribution in [2.45, 2.75) is 18.9 Å². The van der Waals surface area contributed by atoms with Crippen molar-refractivity contribution in [1.82, 2.24) is 10.6 Å². The third-order valence-electron chi connectivity index (χ3n) is 3.91. The van der Waals surface area contributed by atoms with E-state index in [4.69, 9.17) is 13.9 Å². The smallest absolute Gasteiger partial charge is 0.305 e. The van der Waals surface area contributed by atoms with E-state index in [1.807, 2.05) is 0 Å². The van der Waals surface area contributed by atoms with E-state index in [2.05, 4.69) is 10.6 Å². The van der Waals surface area contributed by atoms with Crippen LogP contribution in [-0.2, 0) is 9.59 Å². The van der Waals surface area contributed by atoms with Gasteiger partial charge in [0.1, 0.15) is 11.5 Å². The number of nitrogens with one attached hydrogen (secondary N) is 2. The van der Waals surface area contributed by atoms with Crippen LogP contribution in [0, 0.1) is 0 Å². The number of ether oxygens (including phenoxy) is 2. The zero-order chi connectivity index (χ0) is 20.5. The number of carboxylic acid groups (broad SMARTS) is 1. The molecule has 1 atom stereocenters. The molecule has 3 N–H and O–H groups in total. The van der Waals surface area contributed by atoms with Gasteiger partial charge < -0.3 is 29.6 Å². The second-order valence-electron chi connectivity index (χ2n) is 5.81. The van der Waals surface area contributed by atoms with Gasteiger partial charge in [0.25, 0.3) is 5.91 Å². The first-order valence-corrected chi connectivity index (χ1v) is 8.49. The highest BCUT2D eigenvalue weighted by Crippen LogP contribution is 2.31. The summed E-state index contributed by atoms with van der Waals surface area (Å²) in [4.78, 5) is 35.3. The van der Waals surface area contributed by atoms with Crippen LogP contribution in [0.2, 0.25) is 0 Å². The number of carbonyl (C=O) groups excluding carboxylic acids is 2. The second-order valence-corrected chi connectivity index (χ2v) is 5.81. The summed E-state index contributed by atoms with van der Waals surface area (Å²) >= 11 is 0. The van der Waals surface area contributed by atoms with E-state index < -0.39 is 23.8 Å². The molecule has 0 saturated heterocycles. The molecule has 1 unspecified atom stereocenters. The van der Waals surface area contributed by atoms with Gasteiger partial charge >= 0.3 is 5.97 Å². The summed E-state index contributed by atoms with van der Waals surface area (Å²) in [6.07, 6.45) is 1.02. The molecule has 0 aliphatic heterocycles. The first-order chi connectivity index (χ1) is 13.4. The maximum absolute atomic E-state index is 12.3. The number of hydrogen-bond donors (Lipinski definition) is 3. The molecule has 9 heteroatoms. The molecule has 0 fully saturated rings. The van der Waals surface area contributed by atoms with Gasteiger partial charge in [-0.15, -0.1) is 0 Å². The zero-order valence-corrected chi connectivity index (χ0v) is 15.6. The molecule has 0 spiro atoms. The summed E-state index contributed by atoms with van der Waals surface area (Å²) in [5.41, 5.74) is 0.513. The van der Waals surface area contributed by atoms with Crippen molar-refractivity contribution in [3.8, 4) is 11.5 Å². The minimum atomic E-state index is -1.07. The molecular weight excluding hydrogens is 368 g/mol. The third kappa shape index (κ3) is 5.76. The van der Waals surface area contributed by atoms with Gasteiger partial charge in [-0.25, -0.2) is 0 Å². The zero-order valence-electron chi connectivity index (χ0n) is 15.6. The summed E-state index contributed by atoms with van der Waals surface area (Å²) in [5.74, 6) is -0.833. The number of aliphatic carboxylic acids is 1. The van der Waals surface area contributed by atoms with Crippen molar-refractivity contribution in [2.24, 2.45) is 0 Å². The number of carboxylic acids is 1. The van der Waals surface area contributed by atoms with E-state index in [0.29, 0.717) is 17.1 Å². The minimum Gasteiger partial charge on any atom is -0.497 e. The molecular formula is C19H22N2O7. The maximum Gasteiger partial charge on any atom is 0.305 e. The normalized spacial score (nSPS) is 11.4. The second kappa shape index (κ2) is 10.0. The number of rotatable bonds is 10. The molecule has 2 aromatic rings. The Morgan fingerprint density at radius 2 is 1.96 bits per heavy atom. The van der Waals surface area contributed by atoms with Gasteiger partial charge in [0.05, 0.1) is 32.9 Å². The lowest BCUT2D eigenvalue weighted by atomic mass is 10.0. The van der Waals surface area contributed by atoms with Crippen LogP contribution in [0.15, 0.2) is 41.0 Å². The predicted octanol–water partition coefficient (Wildman–Crippen LogP) is 1.75. The van der Waals surface area contributed by atoms with Crippen LogP contribution in [0.4, 0.5) is 0 Å². The number of hydrogen-bond acceptors (Lipinski definition) is 6. The van der Waals surface area contributed by atoms with Crippen LogP contribution in [0.25, 0.3) is 0 Å². The first-order valence-electron chi connectivity index (χ1n) is 8.49. The number of furan rings is 1. The first kappa shape index (κ1) is 20.8. The molecule has 150 valence electrons. The summed E-state index contributed by atoms with van der Waals surface area (Å²) in [5, 5.41) is 14.4. The number of carbonyl (C=O) groups is 3. The fraction of sp³-hybridized carbons (Fsp3) is 0.316. The van der Waals surface area contributed by atoms with Gasteiger partial charge in [-0.2, -0.15) is 0 Å². The summed E-state index contributed by atoms with van der Waals surface area (Å²) in [6.45, 7) is 0.0743. The maximum atomic E-state index is 12.3. The summed E-state index contributed by atoms with van der Waals surface area (Å²) in [6, 6.07) is 7.20. The van der Waals surface area contributed by atoms with Crippen molar-refractivity contribution >= 4 is 17.8 Å².